The van der Waals surface area contributed by atoms with Crippen molar-refractivity contribution < 1.29 is 14.3 Å². The molecule has 1 amide bonds. The monoisotopic (exact) mass is 348 g/mol. The van der Waals surface area contributed by atoms with Gasteiger partial charge in [0.1, 0.15) is 0 Å². The van der Waals surface area contributed by atoms with E-state index in [-0.39, 0.29) is 17.8 Å². The minimum absolute atomic E-state index is 0.0576. The topological polar surface area (TPSA) is 58.6 Å². The molecule has 1 N–H and O–H groups in total. The van der Waals surface area contributed by atoms with Gasteiger partial charge in [0.25, 0.3) is 0 Å². The Morgan fingerprint density at radius 1 is 1.25 bits per heavy atom. The van der Waals surface area contributed by atoms with Gasteiger partial charge in [0.15, 0.2) is 5.11 Å². The predicted octanol–water partition coefficient (Wildman–Crippen LogP) is 2.30. The molecule has 5 nitrogen and oxygen atoms in total. The maximum absolute atomic E-state index is 12.0. The highest BCUT2D eigenvalue weighted by molar-refractivity contribution is 7.80. The Bertz CT molecular complexity index is 569. The van der Waals surface area contributed by atoms with Gasteiger partial charge in [-0.15, -0.1) is 0 Å². The summed E-state index contributed by atoms with van der Waals surface area (Å²) in [5.74, 6) is -0.260. The molecule has 1 aliphatic rings. The van der Waals surface area contributed by atoms with Crippen LogP contribution < -0.4 is 5.32 Å². The second kappa shape index (κ2) is 9.37. The number of likely N-dealkylation sites (tertiary alicyclic amines) is 1. The van der Waals surface area contributed by atoms with Crippen molar-refractivity contribution in [3.63, 3.8) is 0 Å². The van der Waals surface area contributed by atoms with Crippen molar-refractivity contribution >= 4 is 29.2 Å². The van der Waals surface area contributed by atoms with Gasteiger partial charge in [-0.3, -0.25) is 9.59 Å². The van der Waals surface area contributed by atoms with Crippen molar-refractivity contribution in [3.05, 3.63) is 35.9 Å². The summed E-state index contributed by atoms with van der Waals surface area (Å²) in [7, 11) is 0. The normalized spacial score (nSPS) is 15.0. The van der Waals surface area contributed by atoms with Crippen LogP contribution in [-0.2, 0) is 20.7 Å². The van der Waals surface area contributed by atoms with E-state index < -0.39 is 0 Å². The van der Waals surface area contributed by atoms with Crippen LogP contribution in [0.1, 0.15) is 31.7 Å². The molecule has 0 saturated carbocycles. The van der Waals surface area contributed by atoms with E-state index in [0.29, 0.717) is 50.5 Å². The lowest BCUT2D eigenvalue weighted by Crippen LogP contribution is -2.47. The minimum atomic E-state index is -0.130. The summed E-state index contributed by atoms with van der Waals surface area (Å²) in [6.45, 7) is 3.56. The third-order valence-electron chi connectivity index (χ3n) is 4.13. The first-order chi connectivity index (χ1) is 11.6. The molecule has 24 heavy (non-hydrogen) atoms. The van der Waals surface area contributed by atoms with Crippen LogP contribution in [0.15, 0.2) is 30.3 Å². The number of rotatable bonds is 5. The van der Waals surface area contributed by atoms with Crippen LogP contribution in [0.4, 0.5) is 0 Å². The maximum Gasteiger partial charge on any atom is 0.309 e. The highest BCUT2D eigenvalue weighted by Gasteiger charge is 2.27. The van der Waals surface area contributed by atoms with Gasteiger partial charge in [-0.2, -0.15) is 0 Å². The quantitative estimate of drug-likeness (QED) is 0.654. The van der Waals surface area contributed by atoms with Gasteiger partial charge < -0.3 is 15.0 Å². The predicted molar refractivity (Wildman–Crippen MR) is 96.4 cm³/mol. The van der Waals surface area contributed by atoms with Crippen LogP contribution in [0.3, 0.4) is 0 Å². The van der Waals surface area contributed by atoms with Crippen LogP contribution >= 0.6 is 12.2 Å². The number of nitrogens with one attached hydrogen (secondary N) is 1. The van der Waals surface area contributed by atoms with E-state index in [1.54, 1.807) is 0 Å². The number of carbonyl (C=O) groups is 2. The van der Waals surface area contributed by atoms with E-state index in [1.807, 2.05) is 42.2 Å². The van der Waals surface area contributed by atoms with Crippen molar-refractivity contribution in [2.75, 3.05) is 19.7 Å². The van der Waals surface area contributed by atoms with Gasteiger partial charge in [0.05, 0.1) is 12.5 Å². The van der Waals surface area contributed by atoms with Crippen LogP contribution in [0.25, 0.3) is 0 Å². The third-order valence-corrected chi connectivity index (χ3v) is 4.49. The Kier molecular flexibility index (Phi) is 7.18. The third kappa shape index (κ3) is 5.60. The molecule has 1 aromatic carbocycles. The molecule has 0 atom stereocenters. The van der Waals surface area contributed by atoms with Gasteiger partial charge in [-0.05, 0) is 44.0 Å². The number of hydrogen-bond donors (Lipinski definition) is 1. The summed E-state index contributed by atoms with van der Waals surface area (Å²) < 4.78 is 5.06. The number of aryl methyl sites for hydroxylation is 1. The lowest BCUT2D eigenvalue weighted by molar-refractivity contribution is -0.149. The van der Waals surface area contributed by atoms with Crippen molar-refractivity contribution in [1.82, 2.24) is 10.2 Å². The molecule has 1 heterocycles. The summed E-state index contributed by atoms with van der Waals surface area (Å²) in [5, 5.41) is 3.25. The first-order valence-corrected chi connectivity index (χ1v) is 8.80. The summed E-state index contributed by atoms with van der Waals surface area (Å²) >= 11 is 5.31. The highest BCUT2D eigenvalue weighted by atomic mass is 32.1. The average molecular weight is 348 g/mol. The number of hydrogen-bond acceptors (Lipinski definition) is 4. The molecule has 1 saturated heterocycles. The first-order valence-electron chi connectivity index (χ1n) is 8.39. The van der Waals surface area contributed by atoms with Crippen LogP contribution in [0.2, 0.25) is 0 Å². The fourth-order valence-corrected chi connectivity index (χ4v) is 3.04. The van der Waals surface area contributed by atoms with Gasteiger partial charge >= 0.3 is 5.97 Å². The Morgan fingerprint density at radius 3 is 2.54 bits per heavy atom. The lowest BCUT2D eigenvalue weighted by Gasteiger charge is -2.32. The second-order valence-corrected chi connectivity index (χ2v) is 6.24. The number of nitrogens with zero attached hydrogens (tertiary/aromatic N) is 1. The van der Waals surface area contributed by atoms with E-state index in [2.05, 4.69) is 5.32 Å². The Balaban J connectivity index is 1.71. The molecule has 130 valence electrons. The number of carbonyl (C=O) groups excluding carboxylic acids is 2. The number of piperidine rings is 1. The first kappa shape index (κ1) is 18.4. The second-order valence-electron chi connectivity index (χ2n) is 5.85. The molecule has 0 spiro atoms. The van der Waals surface area contributed by atoms with Crippen molar-refractivity contribution in [2.45, 2.75) is 32.6 Å². The van der Waals surface area contributed by atoms with E-state index in [0.717, 1.165) is 5.56 Å². The fourth-order valence-electron chi connectivity index (χ4n) is 2.74. The zero-order chi connectivity index (χ0) is 17.4. The van der Waals surface area contributed by atoms with Gasteiger partial charge in [0.2, 0.25) is 5.91 Å². The molecule has 2 rings (SSSR count). The van der Waals surface area contributed by atoms with Crippen molar-refractivity contribution in [3.8, 4) is 0 Å². The highest BCUT2D eigenvalue weighted by Crippen LogP contribution is 2.18. The molecule has 6 heteroatoms. The standard InChI is InChI=1S/C18H24N2O3S/c1-2-23-17(22)15-10-12-20(13-11-15)18(24)19-16(21)9-8-14-6-4-3-5-7-14/h3-7,15H,2,8-13H2,1H3,(H,19,21,24). The van der Waals surface area contributed by atoms with E-state index >= 15 is 0 Å². The number of esters is 1. The number of benzene rings is 1. The molecule has 1 aromatic rings. The summed E-state index contributed by atoms with van der Waals surface area (Å²) in [4.78, 5) is 25.7. The van der Waals surface area contributed by atoms with Gasteiger partial charge in [0, 0.05) is 19.5 Å². The van der Waals surface area contributed by atoms with Crippen molar-refractivity contribution in [1.29, 1.82) is 0 Å². The van der Waals surface area contributed by atoms with Gasteiger partial charge in [-0.1, -0.05) is 30.3 Å². The number of amides is 1. The zero-order valence-electron chi connectivity index (χ0n) is 14.0. The molecular formula is C18H24N2O3S. The number of thiocarbonyl (C=S) groups is 1. The number of ether oxygens (including phenoxy) is 1. The Morgan fingerprint density at radius 2 is 1.92 bits per heavy atom. The molecule has 1 aliphatic heterocycles. The Labute approximate surface area is 148 Å². The Hall–Kier alpha value is -1.95. The molecule has 0 unspecified atom stereocenters. The molecule has 0 aliphatic carbocycles. The molecule has 0 aromatic heterocycles. The molecule has 0 radical (unpaired) electrons. The maximum atomic E-state index is 12.0. The minimum Gasteiger partial charge on any atom is -0.466 e. The van der Waals surface area contributed by atoms with Gasteiger partial charge in [-0.25, -0.2) is 0 Å². The van der Waals surface area contributed by atoms with Crippen LogP contribution in [0.5, 0.6) is 0 Å². The smallest absolute Gasteiger partial charge is 0.309 e. The molecule has 0 bridgehead atoms. The SMILES string of the molecule is CCOC(=O)C1CCN(C(=S)NC(=O)CCc2ccccc2)CC1. The van der Waals surface area contributed by atoms with Crippen molar-refractivity contribution in [2.24, 2.45) is 5.92 Å². The summed E-state index contributed by atoms with van der Waals surface area (Å²) in [6.07, 6.45) is 2.52. The zero-order valence-corrected chi connectivity index (χ0v) is 14.8. The fraction of sp³-hybridized carbons (Fsp3) is 0.500. The van der Waals surface area contributed by atoms with E-state index in [9.17, 15) is 9.59 Å². The van der Waals surface area contributed by atoms with E-state index in [1.165, 1.54) is 0 Å². The molecular weight excluding hydrogens is 324 g/mol. The lowest BCUT2D eigenvalue weighted by atomic mass is 9.97. The molecule has 1 fully saturated rings. The van der Waals surface area contributed by atoms with Crippen LogP contribution in [0, 0.1) is 5.92 Å². The average Bonchev–Trinajstić information content (AvgIpc) is 2.61. The van der Waals surface area contributed by atoms with E-state index in [4.69, 9.17) is 17.0 Å². The largest absolute Gasteiger partial charge is 0.466 e. The summed E-state index contributed by atoms with van der Waals surface area (Å²) in [6, 6.07) is 9.90. The summed E-state index contributed by atoms with van der Waals surface area (Å²) in [5.41, 5.74) is 1.13. The van der Waals surface area contributed by atoms with Crippen LogP contribution in [-0.4, -0.2) is 41.6 Å².